The molecule has 1 fully saturated rings. The van der Waals surface area contributed by atoms with Crippen LogP contribution >= 0.6 is 11.6 Å². The highest BCUT2D eigenvalue weighted by atomic mass is 35.5. The van der Waals surface area contributed by atoms with Gasteiger partial charge in [0.2, 0.25) is 0 Å². The number of hydrogen-bond acceptors (Lipinski definition) is 1. The Labute approximate surface area is 116 Å². The lowest BCUT2D eigenvalue weighted by Crippen LogP contribution is -2.36. The molecule has 0 radical (unpaired) electrons. The van der Waals surface area contributed by atoms with Crippen molar-refractivity contribution < 1.29 is 0 Å². The maximum absolute atomic E-state index is 6.29. The minimum absolute atomic E-state index is 0.495. The van der Waals surface area contributed by atoms with E-state index >= 15 is 0 Å². The van der Waals surface area contributed by atoms with Crippen molar-refractivity contribution in [1.82, 2.24) is 0 Å². The predicted octanol–water partition coefficient (Wildman–Crippen LogP) is 5.28. The third-order valence-corrected chi connectivity index (χ3v) is 4.47. The van der Waals surface area contributed by atoms with Gasteiger partial charge in [-0.25, -0.2) is 0 Å². The summed E-state index contributed by atoms with van der Waals surface area (Å²) in [6.45, 7) is 9.17. The maximum atomic E-state index is 6.29. The Bertz CT molecular complexity index is 425. The van der Waals surface area contributed by atoms with Crippen LogP contribution in [-0.2, 0) is 0 Å². The van der Waals surface area contributed by atoms with Gasteiger partial charge < -0.3 is 5.32 Å². The van der Waals surface area contributed by atoms with Gasteiger partial charge in [0.1, 0.15) is 0 Å². The highest BCUT2D eigenvalue weighted by Crippen LogP contribution is 2.40. The van der Waals surface area contributed by atoms with Crippen molar-refractivity contribution in [3.05, 3.63) is 28.8 Å². The SMILES string of the molecule is Cc1ccc(NC2CCC(C)(C)CC2C)c(Cl)c1. The van der Waals surface area contributed by atoms with Gasteiger partial charge in [-0.2, -0.15) is 0 Å². The summed E-state index contributed by atoms with van der Waals surface area (Å²) in [5, 5.41) is 4.47. The van der Waals surface area contributed by atoms with Gasteiger partial charge in [-0.15, -0.1) is 0 Å². The highest BCUT2D eigenvalue weighted by Gasteiger charge is 2.32. The minimum Gasteiger partial charge on any atom is -0.381 e. The number of hydrogen-bond donors (Lipinski definition) is 1. The molecule has 1 aliphatic rings. The van der Waals surface area contributed by atoms with E-state index in [9.17, 15) is 0 Å². The summed E-state index contributed by atoms with van der Waals surface area (Å²) in [5.41, 5.74) is 2.79. The fraction of sp³-hybridized carbons (Fsp3) is 0.625. The number of benzene rings is 1. The first-order chi connectivity index (χ1) is 8.37. The second kappa shape index (κ2) is 5.13. The largest absolute Gasteiger partial charge is 0.381 e. The van der Waals surface area contributed by atoms with Crippen LogP contribution in [0, 0.1) is 18.3 Å². The third kappa shape index (κ3) is 3.20. The van der Waals surface area contributed by atoms with E-state index in [1.807, 2.05) is 6.07 Å². The van der Waals surface area contributed by atoms with Gasteiger partial charge in [0.15, 0.2) is 0 Å². The molecule has 0 saturated heterocycles. The molecule has 1 saturated carbocycles. The average Bonchev–Trinajstić information content (AvgIpc) is 2.24. The van der Waals surface area contributed by atoms with Crippen LogP contribution in [0.5, 0.6) is 0 Å². The third-order valence-electron chi connectivity index (χ3n) is 4.16. The first-order valence-electron chi connectivity index (χ1n) is 6.90. The Kier molecular flexibility index (Phi) is 3.91. The molecule has 0 aromatic heterocycles. The summed E-state index contributed by atoms with van der Waals surface area (Å²) >= 11 is 6.29. The molecule has 1 nitrogen and oxygen atoms in total. The van der Waals surface area contributed by atoms with Crippen LogP contribution in [0.3, 0.4) is 0 Å². The molecule has 0 heterocycles. The minimum atomic E-state index is 0.495. The second-order valence-corrected chi connectivity index (χ2v) is 7.03. The average molecular weight is 266 g/mol. The van der Waals surface area contributed by atoms with Crippen LogP contribution < -0.4 is 5.32 Å². The van der Waals surface area contributed by atoms with Crippen molar-refractivity contribution in [1.29, 1.82) is 0 Å². The van der Waals surface area contributed by atoms with Crippen molar-refractivity contribution in [3.63, 3.8) is 0 Å². The van der Waals surface area contributed by atoms with Crippen LogP contribution in [0.1, 0.15) is 45.6 Å². The first-order valence-corrected chi connectivity index (χ1v) is 7.28. The van der Waals surface area contributed by atoms with E-state index in [4.69, 9.17) is 11.6 Å². The van der Waals surface area contributed by atoms with Crippen molar-refractivity contribution in [3.8, 4) is 0 Å². The Morgan fingerprint density at radius 3 is 2.67 bits per heavy atom. The highest BCUT2D eigenvalue weighted by molar-refractivity contribution is 6.33. The lowest BCUT2D eigenvalue weighted by atomic mass is 9.70. The predicted molar refractivity (Wildman–Crippen MR) is 80.4 cm³/mol. The fourth-order valence-electron chi connectivity index (χ4n) is 3.10. The zero-order valence-corrected chi connectivity index (χ0v) is 12.6. The van der Waals surface area contributed by atoms with Crippen molar-refractivity contribution in [2.24, 2.45) is 11.3 Å². The molecular formula is C16H24ClN. The van der Waals surface area contributed by atoms with Crippen molar-refractivity contribution in [2.75, 3.05) is 5.32 Å². The van der Waals surface area contributed by atoms with E-state index in [1.165, 1.54) is 24.8 Å². The van der Waals surface area contributed by atoms with Crippen molar-refractivity contribution >= 4 is 17.3 Å². The molecule has 0 bridgehead atoms. The fourth-order valence-corrected chi connectivity index (χ4v) is 3.39. The molecule has 1 aromatic rings. The van der Waals surface area contributed by atoms with E-state index in [2.05, 4.69) is 45.1 Å². The van der Waals surface area contributed by atoms with Gasteiger partial charge >= 0.3 is 0 Å². The topological polar surface area (TPSA) is 12.0 Å². The van der Waals surface area contributed by atoms with Crippen LogP contribution in [0.25, 0.3) is 0 Å². The van der Waals surface area contributed by atoms with Gasteiger partial charge in [0.05, 0.1) is 10.7 Å². The lowest BCUT2D eigenvalue weighted by molar-refractivity contribution is 0.177. The Morgan fingerprint density at radius 1 is 1.33 bits per heavy atom. The summed E-state index contributed by atoms with van der Waals surface area (Å²) in [7, 11) is 0. The number of aryl methyl sites for hydroxylation is 1. The zero-order chi connectivity index (χ0) is 13.3. The number of anilines is 1. The Balaban J connectivity index is 2.06. The molecule has 100 valence electrons. The van der Waals surface area contributed by atoms with Crippen LogP contribution in [0.2, 0.25) is 5.02 Å². The van der Waals surface area contributed by atoms with E-state index in [0.717, 1.165) is 10.7 Å². The van der Waals surface area contributed by atoms with Gasteiger partial charge in [-0.05, 0) is 55.2 Å². The summed E-state index contributed by atoms with van der Waals surface area (Å²) in [4.78, 5) is 0. The molecular weight excluding hydrogens is 242 g/mol. The second-order valence-electron chi connectivity index (χ2n) is 6.62. The van der Waals surface area contributed by atoms with E-state index in [-0.39, 0.29) is 0 Å². The first kappa shape index (κ1) is 13.7. The maximum Gasteiger partial charge on any atom is 0.0640 e. The summed E-state index contributed by atoms with van der Waals surface area (Å²) in [5.74, 6) is 0.700. The molecule has 1 aromatic carbocycles. The molecule has 1 N–H and O–H groups in total. The lowest BCUT2D eigenvalue weighted by Gasteiger charge is -2.40. The Morgan fingerprint density at radius 2 is 2.06 bits per heavy atom. The molecule has 2 atom stereocenters. The molecule has 18 heavy (non-hydrogen) atoms. The smallest absolute Gasteiger partial charge is 0.0640 e. The van der Waals surface area contributed by atoms with Crippen LogP contribution in [0.15, 0.2) is 18.2 Å². The molecule has 0 aliphatic heterocycles. The summed E-state index contributed by atoms with van der Waals surface area (Å²) in [6, 6.07) is 6.80. The molecule has 0 amide bonds. The number of halogens is 1. The van der Waals surface area contributed by atoms with Gasteiger partial charge in [-0.1, -0.05) is 38.4 Å². The van der Waals surface area contributed by atoms with E-state index in [0.29, 0.717) is 17.4 Å². The van der Waals surface area contributed by atoms with Crippen molar-refractivity contribution in [2.45, 2.75) is 53.0 Å². The van der Waals surface area contributed by atoms with E-state index < -0.39 is 0 Å². The quantitative estimate of drug-likeness (QED) is 0.768. The number of nitrogens with one attached hydrogen (secondary N) is 1. The molecule has 0 spiro atoms. The standard InChI is InChI=1S/C16H24ClN/c1-11-5-6-15(13(17)9-11)18-14-7-8-16(3,4)10-12(14)2/h5-6,9,12,14,18H,7-8,10H2,1-4H3. The van der Waals surface area contributed by atoms with Gasteiger partial charge in [0, 0.05) is 6.04 Å². The van der Waals surface area contributed by atoms with Crippen LogP contribution in [0.4, 0.5) is 5.69 Å². The Hall–Kier alpha value is -0.690. The molecule has 2 rings (SSSR count). The number of rotatable bonds is 2. The summed E-state index contributed by atoms with van der Waals surface area (Å²) in [6.07, 6.45) is 3.81. The zero-order valence-electron chi connectivity index (χ0n) is 11.9. The van der Waals surface area contributed by atoms with Crippen LogP contribution in [-0.4, -0.2) is 6.04 Å². The van der Waals surface area contributed by atoms with Gasteiger partial charge in [0.25, 0.3) is 0 Å². The van der Waals surface area contributed by atoms with Gasteiger partial charge in [-0.3, -0.25) is 0 Å². The van der Waals surface area contributed by atoms with E-state index in [1.54, 1.807) is 0 Å². The molecule has 1 aliphatic carbocycles. The summed E-state index contributed by atoms with van der Waals surface area (Å²) < 4.78 is 0. The molecule has 2 unspecified atom stereocenters. The monoisotopic (exact) mass is 265 g/mol. The molecule has 2 heteroatoms. The normalized spacial score (nSPS) is 26.9.